The van der Waals surface area contributed by atoms with Gasteiger partial charge in [0.15, 0.2) is 0 Å². The number of halogens is 1. The number of carboxylic acids is 1. The van der Waals surface area contributed by atoms with Crippen molar-refractivity contribution < 1.29 is 18.9 Å². The second kappa shape index (κ2) is 7.95. The first-order chi connectivity index (χ1) is 9.81. The predicted octanol–water partition coefficient (Wildman–Crippen LogP) is 1.93. The summed E-state index contributed by atoms with van der Waals surface area (Å²) in [5.74, 6) is -1.39. The van der Waals surface area contributed by atoms with E-state index < -0.39 is 16.8 Å². The molecule has 2 unspecified atom stereocenters. The van der Waals surface area contributed by atoms with Gasteiger partial charge in [-0.1, -0.05) is 17.7 Å². The van der Waals surface area contributed by atoms with Crippen molar-refractivity contribution in [1.82, 2.24) is 5.32 Å². The number of aliphatic carboxylic acids is 1. The van der Waals surface area contributed by atoms with Crippen molar-refractivity contribution in [3.8, 4) is 0 Å². The Morgan fingerprint density at radius 1 is 1.48 bits per heavy atom. The van der Waals surface area contributed by atoms with E-state index in [2.05, 4.69) is 5.32 Å². The lowest BCUT2D eigenvalue weighted by Gasteiger charge is -2.10. The van der Waals surface area contributed by atoms with Gasteiger partial charge in [0, 0.05) is 45.5 Å². The molecule has 1 rings (SSSR count). The summed E-state index contributed by atoms with van der Waals surface area (Å²) in [5.41, 5.74) is 0.875. The Hall–Kier alpha value is -1.66. The Balaban J connectivity index is 2.76. The smallest absolute Gasteiger partial charge is 0.328 e. The molecule has 0 radical (unpaired) electrons. The molecule has 5 nitrogen and oxygen atoms in total. The highest BCUT2D eigenvalue weighted by molar-refractivity contribution is 7.84. The SMILES string of the molecule is CC(CNC(=O)c1ccc(/C=C/C(=O)O)c(Cl)c1)S(C)=O. The summed E-state index contributed by atoms with van der Waals surface area (Å²) in [4.78, 5) is 22.4. The fourth-order valence-electron chi connectivity index (χ4n) is 1.42. The van der Waals surface area contributed by atoms with Gasteiger partial charge in [0.25, 0.3) is 5.91 Å². The quantitative estimate of drug-likeness (QED) is 0.781. The number of benzene rings is 1. The Morgan fingerprint density at radius 2 is 2.14 bits per heavy atom. The van der Waals surface area contributed by atoms with Crippen molar-refractivity contribution in [2.45, 2.75) is 12.2 Å². The molecule has 1 aromatic carbocycles. The van der Waals surface area contributed by atoms with Crippen LogP contribution in [0.25, 0.3) is 6.08 Å². The minimum atomic E-state index is -1.07. The fraction of sp³-hybridized carbons (Fsp3) is 0.286. The van der Waals surface area contributed by atoms with Crippen LogP contribution in [0, 0.1) is 0 Å². The van der Waals surface area contributed by atoms with E-state index in [9.17, 15) is 13.8 Å². The van der Waals surface area contributed by atoms with E-state index in [4.69, 9.17) is 16.7 Å². The average molecular weight is 330 g/mol. The standard InChI is InChI=1S/C14H16ClNO4S/c1-9(21(2)20)8-16-14(19)11-4-3-10(12(15)7-11)5-6-13(17)18/h3-7,9H,8H2,1-2H3,(H,16,19)(H,17,18)/b6-5+. The van der Waals surface area contributed by atoms with Crippen molar-refractivity contribution in [3.63, 3.8) is 0 Å². The van der Waals surface area contributed by atoms with Gasteiger partial charge in [-0.2, -0.15) is 0 Å². The minimum absolute atomic E-state index is 0.137. The number of amides is 1. The lowest BCUT2D eigenvalue weighted by molar-refractivity contribution is -0.131. The lowest BCUT2D eigenvalue weighted by Crippen LogP contribution is -2.32. The van der Waals surface area contributed by atoms with E-state index in [1.54, 1.807) is 25.3 Å². The van der Waals surface area contributed by atoms with Gasteiger partial charge in [0.05, 0.1) is 0 Å². The van der Waals surface area contributed by atoms with Gasteiger partial charge >= 0.3 is 5.97 Å². The zero-order chi connectivity index (χ0) is 16.0. The summed E-state index contributed by atoms with van der Waals surface area (Å²) < 4.78 is 11.2. The maximum Gasteiger partial charge on any atom is 0.328 e. The predicted molar refractivity (Wildman–Crippen MR) is 84.0 cm³/mol. The molecule has 0 aliphatic carbocycles. The molecule has 0 heterocycles. The first-order valence-corrected chi connectivity index (χ1v) is 8.12. The van der Waals surface area contributed by atoms with Gasteiger partial charge in [0.2, 0.25) is 0 Å². The summed E-state index contributed by atoms with van der Waals surface area (Å²) in [6.45, 7) is 2.09. The second-order valence-corrected chi connectivity index (χ2v) is 6.64. The summed E-state index contributed by atoms with van der Waals surface area (Å²) >= 11 is 6.00. The zero-order valence-electron chi connectivity index (χ0n) is 11.6. The Bertz CT molecular complexity index is 601. The molecule has 2 atom stereocenters. The van der Waals surface area contributed by atoms with Crippen molar-refractivity contribution in [2.24, 2.45) is 0 Å². The van der Waals surface area contributed by atoms with Gasteiger partial charge in [-0.3, -0.25) is 9.00 Å². The normalized spacial score (nSPS) is 13.9. The summed E-state index contributed by atoms with van der Waals surface area (Å²) in [6, 6.07) is 4.58. The third-order valence-electron chi connectivity index (χ3n) is 2.78. The average Bonchev–Trinajstić information content (AvgIpc) is 2.42. The van der Waals surface area contributed by atoms with Crippen LogP contribution in [-0.4, -0.2) is 39.2 Å². The number of nitrogens with one attached hydrogen (secondary N) is 1. The summed E-state index contributed by atoms with van der Waals surface area (Å²) in [5, 5.41) is 11.4. The molecular formula is C14H16ClNO4S. The van der Waals surface area contributed by atoms with Gasteiger partial charge in [-0.15, -0.1) is 0 Å². The maximum atomic E-state index is 11.9. The van der Waals surface area contributed by atoms with Crippen LogP contribution in [0.15, 0.2) is 24.3 Å². The van der Waals surface area contributed by atoms with Crippen LogP contribution in [0.1, 0.15) is 22.8 Å². The van der Waals surface area contributed by atoms with E-state index in [0.29, 0.717) is 17.7 Å². The minimum Gasteiger partial charge on any atom is -0.478 e. The topological polar surface area (TPSA) is 83.5 Å². The molecule has 1 aromatic rings. The van der Waals surface area contributed by atoms with Crippen LogP contribution in [0.4, 0.5) is 0 Å². The van der Waals surface area contributed by atoms with E-state index in [0.717, 1.165) is 6.08 Å². The molecule has 7 heteroatoms. The van der Waals surface area contributed by atoms with Crippen molar-refractivity contribution in [2.75, 3.05) is 12.8 Å². The molecule has 0 bridgehead atoms. The molecule has 1 amide bonds. The summed E-state index contributed by atoms with van der Waals surface area (Å²) in [6.07, 6.45) is 3.91. The number of hydrogen-bond donors (Lipinski definition) is 2. The van der Waals surface area contributed by atoms with Crippen LogP contribution >= 0.6 is 11.6 Å². The molecule has 0 aromatic heterocycles. The van der Waals surface area contributed by atoms with Gasteiger partial charge < -0.3 is 10.4 Å². The van der Waals surface area contributed by atoms with Gasteiger partial charge in [0.1, 0.15) is 0 Å². The molecule has 114 valence electrons. The highest BCUT2D eigenvalue weighted by atomic mass is 35.5. The first kappa shape index (κ1) is 17.4. The molecular weight excluding hydrogens is 314 g/mol. The second-order valence-electron chi connectivity index (χ2n) is 4.43. The van der Waals surface area contributed by atoms with Gasteiger partial charge in [-0.05, 0) is 30.7 Å². The largest absolute Gasteiger partial charge is 0.478 e. The fourth-order valence-corrected chi connectivity index (χ4v) is 1.98. The molecule has 0 aliphatic heterocycles. The van der Waals surface area contributed by atoms with Crippen molar-refractivity contribution in [3.05, 3.63) is 40.4 Å². The van der Waals surface area contributed by atoms with E-state index in [-0.39, 0.29) is 16.2 Å². The van der Waals surface area contributed by atoms with Crippen LogP contribution in [0.5, 0.6) is 0 Å². The Morgan fingerprint density at radius 3 is 2.67 bits per heavy atom. The van der Waals surface area contributed by atoms with Crippen LogP contribution in [0.2, 0.25) is 5.02 Å². The molecule has 0 aliphatic rings. The molecule has 0 fully saturated rings. The third-order valence-corrected chi connectivity index (χ3v) is 4.41. The number of carbonyl (C=O) groups excluding carboxylic acids is 1. The molecule has 0 spiro atoms. The number of hydrogen-bond acceptors (Lipinski definition) is 3. The zero-order valence-corrected chi connectivity index (χ0v) is 13.2. The van der Waals surface area contributed by atoms with Crippen molar-refractivity contribution >= 4 is 40.4 Å². The monoisotopic (exact) mass is 329 g/mol. The number of carbonyl (C=O) groups is 2. The number of carboxylic acid groups (broad SMARTS) is 1. The van der Waals surface area contributed by atoms with Crippen LogP contribution in [-0.2, 0) is 15.6 Å². The van der Waals surface area contributed by atoms with E-state index in [1.807, 2.05) is 0 Å². The molecule has 2 N–H and O–H groups in total. The van der Waals surface area contributed by atoms with E-state index in [1.165, 1.54) is 12.1 Å². The highest BCUT2D eigenvalue weighted by Gasteiger charge is 2.11. The van der Waals surface area contributed by atoms with Gasteiger partial charge in [-0.25, -0.2) is 4.79 Å². The van der Waals surface area contributed by atoms with Crippen LogP contribution < -0.4 is 5.32 Å². The Labute approximate surface area is 130 Å². The van der Waals surface area contributed by atoms with E-state index >= 15 is 0 Å². The van der Waals surface area contributed by atoms with Crippen molar-refractivity contribution in [1.29, 1.82) is 0 Å². The molecule has 0 saturated carbocycles. The Kier molecular flexibility index (Phi) is 6.58. The molecule has 21 heavy (non-hydrogen) atoms. The maximum absolute atomic E-state index is 11.9. The third kappa shape index (κ3) is 5.69. The molecule has 0 saturated heterocycles. The first-order valence-electron chi connectivity index (χ1n) is 6.12. The van der Waals surface area contributed by atoms with Crippen LogP contribution in [0.3, 0.4) is 0 Å². The lowest BCUT2D eigenvalue weighted by atomic mass is 10.1. The summed E-state index contributed by atoms with van der Waals surface area (Å²) in [7, 11) is -1.00. The highest BCUT2D eigenvalue weighted by Crippen LogP contribution is 2.19. The number of rotatable bonds is 6.